The third-order valence-electron chi connectivity index (χ3n) is 9.35. The summed E-state index contributed by atoms with van der Waals surface area (Å²) >= 11 is 3.02. The Bertz CT molecular complexity index is 1050. The number of primary amides is 2. The molecule has 2 bridgehead atoms. The molecule has 1 aliphatic heterocycles. The van der Waals surface area contributed by atoms with E-state index in [2.05, 4.69) is 20.8 Å². The van der Waals surface area contributed by atoms with Crippen molar-refractivity contribution >= 4 is 27.7 Å². The van der Waals surface area contributed by atoms with Crippen LogP contribution < -0.4 is 11.5 Å². The first-order valence-corrected chi connectivity index (χ1v) is 13.1. The third kappa shape index (κ3) is 3.24. The van der Waals surface area contributed by atoms with Gasteiger partial charge in [0.2, 0.25) is 11.8 Å². The Morgan fingerprint density at radius 1 is 0.971 bits per heavy atom. The molecule has 0 aromatic heterocycles. The van der Waals surface area contributed by atoms with Gasteiger partial charge in [-0.3, -0.25) is 9.59 Å². The first-order valence-electron chi connectivity index (χ1n) is 12.3. The van der Waals surface area contributed by atoms with Crippen molar-refractivity contribution in [1.29, 1.82) is 0 Å². The molecule has 184 valence electrons. The molecule has 5 rings (SSSR count). The fourth-order valence-corrected chi connectivity index (χ4v) is 8.09. The molecular formula is C26H32BrF2N3O2. The van der Waals surface area contributed by atoms with Crippen LogP contribution in [0.15, 0.2) is 28.8 Å². The number of halogens is 3. The molecule has 3 aliphatic carbocycles. The summed E-state index contributed by atoms with van der Waals surface area (Å²) < 4.78 is 29.4. The summed E-state index contributed by atoms with van der Waals surface area (Å²) in [5.74, 6) is -2.95. The van der Waals surface area contributed by atoms with E-state index in [0.717, 1.165) is 57.5 Å². The zero-order valence-corrected chi connectivity index (χ0v) is 20.9. The zero-order valence-electron chi connectivity index (χ0n) is 19.3. The van der Waals surface area contributed by atoms with Gasteiger partial charge in [0.1, 0.15) is 11.6 Å². The third-order valence-corrected chi connectivity index (χ3v) is 9.96. The largest absolute Gasteiger partial charge is 0.369 e. The fraction of sp³-hybridized carbons (Fsp3) is 0.615. The van der Waals surface area contributed by atoms with Crippen LogP contribution in [0, 0.1) is 39.7 Å². The molecule has 2 amide bonds. The predicted molar refractivity (Wildman–Crippen MR) is 128 cm³/mol. The SMILES string of the molecule is NC(=O)[C@]1(CCCCN2CCCC2)[C@@H]2C=C[C@@H](C23CC3)[C@@]1(Cc1cc(F)c(Br)cc1F)C(N)=O. The number of unbranched alkanes of at least 4 members (excludes halogenated alkanes) is 1. The van der Waals surface area contributed by atoms with Crippen molar-refractivity contribution < 1.29 is 18.4 Å². The van der Waals surface area contributed by atoms with E-state index >= 15 is 4.39 Å². The normalized spacial score (nSPS) is 33.1. The first kappa shape index (κ1) is 23.9. The van der Waals surface area contributed by atoms with Gasteiger partial charge in [-0.15, -0.1) is 0 Å². The molecule has 2 saturated carbocycles. The Balaban J connectivity index is 1.54. The first-order chi connectivity index (χ1) is 16.2. The van der Waals surface area contributed by atoms with E-state index < -0.39 is 34.3 Å². The summed E-state index contributed by atoms with van der Waals surface area (Å²) in [5.41, 5.74) is 9.53. The average molecular weight is 536 g/mol. The van der Waals surface area contributed by atoms with E-state index in [1.54, 1.807) is 0 Å². The van der Waals surface area contributed by atoms with Crippen LogP contribution in [0.2, 0.25) is 0 Å². The number of benzene rings is 1. The van der Waals surface area contributed by atoms with E-state index in [1.807, 2.05) is 12.2 Å². The summed E-state index contributed by atoms with van der Waals surface area (Å²) in [5, 5.41) is 0. The highest BCUT2D eigenvalue weighted by molar-refractivity contribution is 9.10. The van der Waals surface area contributed by atoms with E-state index in [9.17, 15) is 14.0 Å². The van der Waals surface area contributed by atoms with Crippen molar-refractivity contribution in [2.75, 3.05) is 19.6 Å². The number of hydrogen-bond acceptors (Lipinski definition) is 3. The van der Waals surface area contributed by atoms with Crippen LogP contribution in [0.4, 0.5) is 8.78 Å². The van der Waals surface area contributed by atoms with Crippen molar-refractivity contribution in [1.82, 2.24) is 4.90 Å². The molecule has 0 radical (unpaired) electrons. The lowest BCUT2D eigenvalue weighted by Gasteiger charge is -2.48. The van der Waals surface area contributed by atoms with Crippen molar-refractivity contribution in [2.45, 2.75) is 51.4 Å². The second-order valence-corrected chi connectivity index (χ2v) is 11.6. The summed E-state index contributed by atoms with van der Waals surface area (Å²) in [6.07, 6.45) is 10.1. The van der Waals surface area contributed by atoms with Crippen LogP contribution in [0.3, 0.4) is 0 Å². The van der Waals surface area contributed by atoms with Crippen LogP contribution in [-0.2, 0) is 16.0 Å². The number of carbonyl (C=O) groups is 2. The minimum atomic E-state index is -1.39. The number of hydrogen-bond donors (Lipinski definition) is 2. The summed E-state index contributed by atoms with van der Waals surface area (Å²) in [7, 11) is 0. The smallest absolute Gasteiger partial charge is 0.225 e. The fourth-order valence-electron chi connectivity index (χ4n) is 7.78. The van der Waals surface area contributed by atoms with Gasteiger partial charge in [0.15, 0.2) is 0 Å². The Labute approximate surface area is 207 Å². The molecule has 34 heavy (non-hydrogen) atoms. The van der Waals surface area contributed by atoms with E-state index in [0.29, 0.717) is 6.42 Å². The standard InChI is InChI=1S/C26H32BrF2N3O2/c27-17-14-18(28)16(13-19(17)29)15-26(23(31)34)21-6-5-20(24(21)8-9-24)25(26,22(30)33)7-1-2-10-32-11-3-4-12-32/h5-6,13-14,20-21H,1-4,7-12,15H2,(H2,30,33)(H2,31,34)/t20-,21+,25+,26+/m1/s1. The van der Waals surface area contributed by atoms with Crippen LogP contribution in [0.1, 0.15) is 50.5 Å². The van der Waals surface area contributed by atoms with Gasteiger partial charge in [-0.25, -0.2) is 8.78 Å². The lowest BCUT2D eigenvalue weighted by Crippen LogP contribution is -2.60. The number of likely N-dealkylation sites (tertiary alicyclic amines) is 1. The van der Waals surface area contributed by atoms with Gasteiger partial charge in [0, 0.05) is 0 Å². The molecule has 1 aromatic rings. The van der Waals surface area contributed by atoms with E-state index in [1.165, 1.54) is 12.8 Å². The van der Waals surface area contributed by atoms with Crippen molar-refractivity contribution in [3.8, 4) is 0 Å². The zero-order chi connectivity index (χ0) is 24.3. The maximum atomic E-state index is 15.0. The van der Waals surface area contributed by atoms with Gasteiger partial charge in [0.05, 0.1) is 15.3 Å². The average Bonchev–Trinajstić information content (AvgIpc) is 3.15. The molecule has 4 atom stereocenters. The second kappa shape index (κ2) is 8.40. The van der Waals surface area contributed by atoms with Gasteiger partial charge < -0.3 is 16.4 Å². The second-order valence-electron chi connectivity index (χ2n) is 10.8. The highest BCUT2D eigenvalue weighted by Crippen LogP contribution is 2.81. The molecule has 8 heteroatoms. The van der Waals surface area contributed by atoms with Gasteiger partial charge in [0.25, 0.3) is 0 Å². The lowest BCUT2D eigenvalue weighted by atomic mass is 9.53. The monoisotopic (exact) mass is 535 g/mol. The molecule has 5 nitrogen and oxygen atoms in total. The Morgan fingerprint density at radius 3 is 2.18 bits per heavy atom. The topological polar surface area (TPSA) is 89.4 Å². The van der Waals surface area contributed by atoms with Crippen LogP contribution in [-0.4, -0.2) is 36.3 Å². The summed E-state index contributed by atoms with van der Waals surface area (Å²) in [6, 6.07) is 2.18. The van der Waals surface area contributed by atoms with Crippen LogP contribution >= 0.6 is 15.9 Å². The molecule has 4 N–H and O–H groups in total. The lowest BCUT2D eigenvalue weighted by molar-refractivity contribution is -0.151. The van der Waals surface area contributed by atoms with Crippen LogP contribution in [0.25, 0.3) is 0 Å². The molecule has 0 unspecified atom stereocenters. The Kier molecular flexibility index (Phi) is 5.91. The molecule has 1 heterocycles. The van der Waals surface area contributed by atoms with Crippen LogP contribution in [0.5, 0.6) is 0 Å². The number of rotatable bonds is 9. The Morgan fingerprint density at radius 2 is 1.59 bits per heavy atom. The number of allylic oxidation sites excluding steroid dienone is 2. The predicted octanol–water partition coefficient (Wildman–Crippen LogP) is 4.08. The molecule has 1 aromatic carbocycles. The molecule has 1 saturated heterocycles. The number of nitrogens with two attached hydrogens (primary N) is 2. The van der Waals surface area contributed by atoms with Crippen molar-refractivity contribution in [3.63, 3.8) is 0 Å². The van der Waals surface area contributed by atoms with Gasteiger partial charge in [-0.05, 0) is 115 Å². The molecule has 1 spiro atoms. The highest BCUT2D eigenvalue weighted by atomic mass is 79.9. The molecule has 4 aliphatic rings. The quantitative estimate of drug-likeness (QED) is 0.283. The molecular weight excluding hydrogens is 504 g/mol. The number of carbonyl (C=O) groups excluding carboxylic acids is 2. The van der Waals surface area contributed by atoms with Gasteiger partial charge >= 0.3 is 0 Å². The highest BCUT2D eigenvalue weighted by Gasteiger charge is 2.81. The minimum absolute atomic E-state index is 0.0106. The van der Waals surface area contributed by atoms with Crippen molar-refractivity contribution in [2.24, 2.45) is 39.5 Å². The minimum Gasteiger partial charge on any atom is -0.369 e. The number of amides is 2. The van der Waals surface area contributed by atoms with Crippen molar-refractivity contribution in [3.05, 3.63) is 46.0 Å². The number of nitrogens with zero attached hydrogens (tertiary/aromatic N) is 1. The molecule has 3 fully saturated rings. The maximum absolute atomic E-state index is 15.0. The Hall–Kier alpha value is -1.80. The maximum Gasteiger partial charge on any atom is 0.225 e. The van der Waals surface area contributed by atoms with Gasteiger partial charge in [-0.2, -0.15) is 0 Å². The summed E-state index contributed by atoms with van der Waals surface area (Å²) in [6.45, 7) is 3.13. The van der Waals surface area contributed by atoms with E-state index in [-0.39, 0.29) is 33.7 Å². The van der Waals surface area contributed by atoms with Gasteiger partial charge in [-0.1, -0.05) is 18.6 Å². The summed E-state index contributed by atoms with van der Waals surface area (Å²) in [4.78, 5) is 29.2. The van der Waals surface area contributed by atoms with E-state index in [4.69, 9.17) is 11.5 Å².